The zero-order valence-corrected chi connectivity index (χ0v) is 11.6. The van der Waals surface area contributed by atoms with Crippen LogP contribution in [0.1, 0.15) is 10.4 Å². The van der Waals surface area contributed by atoms with E-state index in [9.17, 15) is 14.0 Å². The van der Waals surface area contributed by atoms with Crippen LogP contribution >= 0.6 is 11.8 Å². The number of carbonyl (C=O) groups excluding carboxylic acids is 1. The molecule has 0 radical (unpaired) electrons. The van der Waals surface area contributed by atoms with Gasteiger partial charge in [0.25, 0.3) is 0 Å². The number of thioether (sulfide) groups is 1. The van der Waals surface area contributed by atoms with E-state index in [-0.39, 0.29) is 17.2 Å². The van der Waals surface area contributed by atoms with Crippen molar-refractivity contribution >= 4 is 29.3 Å². The van der Waals surface area contributed by atoms with Crippen molar-refractivity contribution in [3.05, 3.63) is 54.0 Å². The second kappa shape index (κ2) is 6.85. The van der Waals surface area contributed by atoms with Crippen molar-refractivity contribution in [2.75, 3.05) is 11.1 Å². The van der Waals surface area contributed by atoms with Crippen LogP contribution in [-0.2, 0) is 4.79 Å². The van der Waals surface area contributed by atoms with Gasteiger partial charge in [0, 0.05) is 11.9 Å². The Morgan fingerprint density at radius 1 is 1.29 bits per heavy atom. The molecule has 0 bridgehead atoms. The molecule has 21 heavy (non-hydrogen) atoms. The summed E-state index contributed by atoms with van der Waals surface area (Å²) in [5.74, 6) is -1.68. The molecule has 2 rings (SSSR count). The Morgan fingerprint density at radius 3 is 2.71 bits per heavy atom. The van der Waals surface area contributed by atoms with Crippen LogP contribution < -0.4 is 5.32 Å². The summed E-state index contributed by atoms with van der Waals surface area (Å²) in [6.45, 7) is 0. The summed E-state index contributed by atoms with van der Waals surface area (Å²) < 4.78 is 13.0. The van der Waals surface area contributed by atoms with Crippen LogP contribution in [0.3, 0.4) is 0 Å². The second-order valence-electron chi connectivity index (χ2n) is 4.04. The number of hydrogen-bond donors (Lipinski definition) is 2. The Morgan fingerprint density at radius 2 is 2.10 bits per heavy atom. The number of pyridine rings is 1. The van der Waals surface area contributed by atoms with Gasteiger partial charge in [-0.1, -0.05) is 17.8 Å². The lowest BCUT2D eigenvalue weighted by Crippen LogP contribution is -2.14. The molecule has 1 aromatic carbocycles. The highest BCUT2D eigenvalue weighted by atomic mass is 32.2. The molecule has 0 spiro atoms. The van der Waals surface area contributed by atoms with Gasteiger partial charge in [-0.05, 0) is 30.3 Å². The quantitative estimate of drug-likeness (QED) is 0.830. The van der Waals surface area contributed by atoms with Crippen LogP contribution in [0.25, 0.3) is 0 Å². The minimum absolute atomic E-state index is 0.0866. The number of halogens is 1. The topological polar surface area (TPSA) is 79.3 Å². The fourth-order valence-corrected chi connectivity index (χ4v) is 2.14. The van der Waals surface area contributed by atoms with Gasteiger partial charge in [0.2, 0.25) is 5.91 Å². The van der Waals surface area contributed by atoms with Gasteiger partial charge < -0.3 is 10.4 Å². The Hall–Kier alpha value is -2.41. The van der Waals surface area contributed by atoms with Crippen LogP contribution in [0.2, 0.25) is 0 Å². The number of aromatic carboxylic acids is 1. The number of amides is 1. The monoisotopic (exact) mass is 306 g/mol. The summed E-state index contributed by atoms with van der Waals surface area (Å²) in [5, 5.41) is 11.8. The summed E-state index contributed by atoms with van der Waals surface area (Å²) in [5.41, 5.74) is 0.471. The molecule has 0 unspecified atom stereocenters. The first-order valence-electron chi connectivity index (χ1n) is 5.92. The van der Waals surface area contributed by atoms with E-state index in [2.05, 4.69) is 10.3 Å². The van der Waals surface area contributed by atoms with E-state index in [1.807, 2.05) is 0 Å². The van der Waals surface area contributed by atoms with Gasteiger partial charge in [0.15, 0.2) is 0 Å². The van der Waals surface area contributed by atoms with Crippen molar-refractivity contribution < 1.29 is 19.1 Å². The smallest absolute Gasteiger partial charge is 0.337 e. The van der Waals surface area contributed by atoms with Gasteiger partial charge in [-0.25, -0.2) is 14.2 Å². The van der Waals surface area contributed by atoms with E-state index in [1.54, 1.807) is 6.07 Å². The zero-order chi connectivity index (χ0) is 15.2. The van der Waals surface area contributed by atoms with Crippen molar-refractivity contribution in [1.29, 1.82) is 0 Å². The molecule has 1 heterocycles. The van der Waals surface area contributed by atoms with Gasteiger partial charge in [-0.15, -0.1) is 0 Å². The van der Waals surface area contributed by atoms with Crippen LogP contribution in [-0.4, -0.2) is 27.7 Å². The number of benzene rings is 1. The number of carboxylic acids is 1. The molecule has 1 amide bonds. The predicted molar refractivity (Wildman–Crippen MR) is 77.0 cm³/mol. The molecule has 1 aromatic heterocycles. The highest BCUT2D eigenvalue weighted by Gasteiger charge is 2.07. The highest BCUT2D eigenvalue weighted by Crippen LogP contribution is 2.16. The maximum absolute atomic E-state index is 13.0. The molecule has 0 fully saturated rings. The lowest BCUT2D eigenvalue weighted by Gasteiger charge is -2.05. The van der Waals surface area contributed by atoms with E-state index < -0.39 is 11.8 Å². The third-order valence-corrected chi connectivity index (χ3v) is 3.39. The van der Waals surface area contributed by atoms with E-state index in [0.29, 0.717) is 10.7 Å². The lowest BCUT2D eigenvalue weighted by molar-refractivity contribution is -0.113. The Kier molecular flexibility index (Phi) is 4.89. The van der Waals surface area contributed by atoms with Crippen molar-refractivity contribution in [1.82, 2.24) is 4.98 Å². The first-order chi connectivity index (χ1) is 10.0. The molecule has 0 atom stereocenters. The maximum Gasteiger partial charge on any atom is 0.337 e. The number of nitrogens with zero attached hydrogens (tertiary/aromatic N) is 1. The fourth-order valence-electron chi connectivity index (χ4n) is 1.49. The molecule has 7 heteroatoms. The second-order valence-corrected chi connectivity index (χ2v) is 5.03. The number of carboxylic acid groups (broad SMARTS) is 1. The van der Waals surface area contributed by atoms with E-state index in [4.69, 9.17) is 5.11 Å². The number of carbonyl (C=O) groups is 2. The average molecular weight is 306 g/mol. The van der Waals surface area contributed by atoms with E-state index in [0.717, 1.165) is 11.8 Å². The summed E-state index contributed by atoms with van der Waals surface area (Å²) >= 11 is 1.16. The normalized spacial score (nSPS) is 10.1. The highest BCUT2D eigenvalue weighted by molar-refractivity contribution is 7.99. The van der Waals surface area contributed by atoms with Crippen molar-refractivity contribution in [2.45, 2.75) is 5.03 Å². The van der Waals surface area contributed by atoms with Gasteiger partial charge >= 0.3 is 5.97 Å². The van der Waals surface area contributed by atoms with Crippen molar-refractivity contribution in [3.8, 4) is 0 Å². The maximum atomic E-state index is 13.0. The Labute approximate surface area is 124 Å². The summed E-state index contributed by atoms with van der Waals surface area (Å²) in [4.78, 5) is 26.3. The SMILES string of the molecule is O=C(CSc1ccc(C(=O)O)cn1)Nc1cccc(F)c1. The van der Waals surface area contributed by atoms with Gasteiger partial charge in [0.1, 0.15) is 5.82 Å². The van der Waals surface area contributed by atoms with E-state index in [1.165, 1.54) is 36.5 Å². The molecule has 108 valence electrons. The number of anilines is 1. The molecular formula is C14H11FN2O3S. The lowest BCUT2D eigenvalue weighted by atomic mass is 10.3. The Bertz CT molecular complexity index is 662. The molecule has 2 N–H and O–H groups in total. The van der Waals surface area contributed by atoms with Crippen molar-refractivity contribution in [2.24, 2.45) is 0 Å². The predicted octanol–water partition coefficient (Wildman–Crippen LogP) is 2.65. The van der Waals surface area contributed by atoms with Crippen LogP contribution in [0.15, 0.2) is 47.6 Å². The van der Waals surface area contributed by atoms with Crippen LogP contribution in [0.4, 0.5) is 10.1 Å². The standard InChI is InChI=1S/C14H11FN2O3S/c15-10-2-1-3-11(6-10)17-12(18)8-21-13-5-4-9(7-16-13)14(19)20/h1-7H,8H2,(H,17,18)(H,19,20). The first kappa shape index (κ1) is 15.0. The summed E-state index contributed by atoms with van der Waals surface area (Å²) in [6, 6.07) is 8.56. The molecule has 0 saturated heterocycles. The largest absolute Gasteiger partial charge is 0.478 e. The molecule has 0 aliphatic heterocycles. The Balaban J connectivity index is 1.87. The average Bonchev–Trinajstić information content (AvgIpc) is 2.45. The number of nitrogens with one attached hydrogen (secondary N) is 1. The molecular weight excluding hydrogens is 295 g/mol. The van der Waals surface area contributed by atoms with Crippen molar-refractivity contribution in [3.63, 3.8) is 0 Å². The van der Waals surface area contributed by atoms with Crippen LogP contribution in [0.5, 0.6) is 0 Å². The molecule has 5 nitrogen and oxygen atoms in total. The summed E-state index contributed by atoms with van der Waals surface area (Å²) in [6.07, 6.45) is 1.23. The minimum Gasteiger partial charge on any atom is -0.478 e. The number of hydrogen-bond acceptors (Lipinski definition) is 4. The zero-order valence-electron chi connectivity index (χ0n) is 10.7. The van der Waals surface area contributed by atoms with E-state index >= 15 is 0 Å². The van der Waals surface area contributed by atoms with Gasteiger partial charge in [-0.2, -0.15) is 0 Å². The minimum atomic E-state index is -1.05. The third-order valence-electron chi connectivity index (χ3n) is 2.44. The summed E-state index contributed by atoms with van der Waals surface area (Å²) in [7, 11) is 0. The van der Waals surface area contributed by atoms with Gasteiger partial charge in [0.05, 0.1) is 16.3 Å². The molecule has 2 aromatic rings. The van der Waals surface area contributed by atoms with Gasteiger partial charge in [-0.3, -0.25) is 4.79 Å². The fraction of sp³-hybridized carbons (Fsp3) is 0.0714. The molecule has 0 aliphatic rings. The molecule has 0 saturated carbocycles. The molecule has 0 aliphatic carbocycles. The number of rotatable bonds is 5. The van der Waals surface area contributed by atoms with Crippen LogP contribution in [0, 0.1) is 5.82 Å². The first-order valence-corrected chi connectivity index (χ1v) is 6.91. The third kappa shape index (κ3) is 4.57. The number of aromatic nitrogens is 1.